The van der Waals surface area contributed by atoms with E-state index in [1.54, 1.807) is 4.90 Å². The minimum atomic E-state index is -0.00157. The van der Waals surface area contributed by atoms with E-state index in [1.165, 1.54) is 0 Å². The molecular formula is C15H17N3O2. The molecule has 2 amide bonds. The van der Waals surface area contributed by atoms with E-state index in [-0.39, 0.29) is 11.8 Å². The van der Waals surface area contributed by atoms with E-state index in [4.69, 9.17) is 0 Å². The third-order valence-electron chi connectivity index (χ3n) is 3.73. The summed E-state index contributed by atoms with van der Waals surface area (Å²) in [7, 11) is 1.94. The highest BCUT2D eigenvalue weighted by Gasteiger charge is 2.22. The van der Waals surface area contributed by atoms with E-state index in [2.05, 4.69) is 5.32 Å². The van der Waals surface area contributed by atoms with Crippen LogP contribution >= 0.6 is 0 Å². The number of aromatic nitrogens is 1. The Hall–Kier alpha value is -2.30. The summed E-state index contributed by atoms with van der Waals surface area (Å²) in [5.74, 6) is 0.0107. The number of carbonyl (C=O) groups is 2. The number of amides is 2. The molecule has 5 nitrogen and oxygen atoms in total. The summed E-state index contributed by atoms with van der Waals surface area (Å²) in [5.41, 5.74) is 1.75. The third-order valence-corrected chi connectivity index (χ3v) is 3.73. The van der Waals surface area contributed by atoms with Gasteiger partial charge in [-0.05, 0) is 6.07 Å². The molecule has 2 aromatic rings. The van der Waals surface area contributed by atoms with Gasteiger partial charge in [0.2, 0.25) is 5.91 Å². The standard InChI is InChI=1S/C15H17N3O2/c1-17-10-12(11-4-2-3-5-13(11)17)15(20)18-8-6-14(19)16-7-9-18/h2-5,10H,6-9H2,1H3,(H,16,19). The monoisotopic (exact) mass is 271 g/mol. The molecule has 0 unspecified atom stereocenters. The van der Waals surface area contributed by atoms with Crippen molar-refractivity contribution < 1.29 is 9.59 Å². The molecule has 0 aliphatic carbocycles. The van der Waals surface area contributed by atoms with Gasteiger partial charge in [0.15, 0.2) is 0 Å². The van der Waals surface area contributed by atoms with E-state index >= 15 is 0 Å². The largest absolute Gasteiger partial charge is 0.354 e. The fourth-order valence-corrected chi connectivity index (χ4v) is 2.65. The number of fused-ring (bicyclic) bond motifs is 1. The second kappa shape index (κ2) is 5.00. The smallest absolute Gasteiger partial charge is 0.256 e. The maximum atomic E-state index is 12.7. The first kappa shape index (κ1) is 12.7. The highest BCUT2D eigenvalue weighted by atomic mass is 16.2. The van der Waals surface area contributed by atoms with Gasteiger partial charge in [0, 0.05) is 50.2 Å². The Kier molecular flexibility index (Phi) is 3.18. The van der Waals surface area contributed by atoms with E-state index in [1.807, 2.05) is 42.1 Å². The quantitative estimate of drug-likeness (QED) is 0.845. The molecule has 0 radical (unpaired) electrons. The molecule has 1 aliphatic rings. The number of aryl methyl sites for hydroxylation is 1. The van der Waals surface area contributed by atoms with Gasteiger partial charge in [0.1, 0.15) is 0 Å². The van der Waals surface area contributed by atoms with Gasteiger partial charge >= 0.3 is 0 Å². The Morgan fingerprint density at radius 1 is 1.25 bits per heavy atom. The van der Waals surface area contributed by atoms with Crippen LogP contribution in [0, 0.1) is 0 Å². The van der Waals surface area contributed by atoms with Crippen molar-refractivity contribution in [1.29, 1.82) is 0 Å². The molecule has 1 saturated heterocycles. The minimum Gasteiger partial charge on any atom is -0.354 e. The van der Waals surface area contributed by atoms with E-state index in [0.29, 0.717) is 31.6 Å². The first-order chi connectivity index (χ1) is 9.66. The van der Waals surface area contributed by atoms with Crippen molar-refractivity contribution >= 4 is 22.7 Å². The Labute approximate surface area is 117 Å². The van der Waals surface area contributed by atoms with Crippen molar-refractivity contribution in [2.24, 2.45) is 7.05 Å². The van der Waals surface area contributed by atoms with Crippen molar-refractivity contribution in [3.05, 3.63) is 36.0 Å². The second-order valence-corrected chi connectivity index (χ2v) is 5.06. The number of carbonyl (C=O) groups excluding carboxylic acids is 2. The van der Waals surface area contributed by atoms with Gasteiger partial charge in [-0.1, -0.05) is 18.2 Å². The van der Waals surface area contributed by atoms with Gasteiger partial charge in [0.25, 0.3) is 5.91 Å². The number of hydrogen-bond acceptors (Lipinski definition) is 2. The highest BCUT2D eigenvalue weighted by Crippen LogP contribution is 2.22. The summed E-state index contributed by atoms with van der Waals surface area (Å²) in [5, 5.41) is 3.75. The molecule has 104 valence electrons. The van der Waals surface area contributed by atoms with Gasteiger partial charge in [0.05, 0.1) is 5.56 Å². The zero-order chi connectivity index (χ0) is 14.1. The molecule has 0 saturated carbocycles. The molecular weight excluding hydrogens is 254 g/mol. The van der Waals surface area contributed by atoms with Gasteiger partial charge in [-0.3, -0.25) is 9.59 Å². The summed E-state index contributed by atoms with van der Waals surface area (Å²) in [6.07, 6.45) is 2.24. The number of rotatable bonds is 1. The van der Waals surface area contributed by atoms with Crippen LogP contribution in [0.15, 0.2) is 30.5 Å². The zero-order valence-corrected chi connectivity index (χ0v) is 11.4. The van der Waals surface area contributed by atoms with E-state index in [9.17, 15) is 9.59 Å². The van der Waals surface area contributed by atoms with Gasteiger partial charge in [-0.2, -0.15) is 0 Å². The molecule has 1 N–H and O–H groups in total. The molecule has 2 heterocycles. The zero-order valence-electron chi connectivity index (χ0n) is 11.4. The lowest BCUT2D eigenvalue weighted by Gasteiger charge is -2.19. The molecule has 0 spiro atoms. The lowest BCUT2D eigenvalue weighted by atomic mass is 10.1. The Morgan fingerprint density at radius 2 is 2.05 bits per heavy atom. The molecule has 0 atom stereocenters. The van der Waals surface area contributed by atoms with Crippen molar-refractivity contribution in [3.8, 4) is 0 Å². The maximum Gasteiger partial charge on any atom is 0.256 e. The SMILES string of the molecule is Cn1cc(C(=O)N2CCNC(=O)CC2)c2ccccc21. The minimum absolute atomic E-state index is 0.00157. The van der Waals surface area contributed by atoms with Crippen molar-refractivity contribution in [1.82, 2.24) is 14.8 Å². The van der Waals surface area contributed by atoms with Crippen molar-refractivity contribution in [2.45, 2.75) is 6.42 Å². The number of nitrogens with zero attached hydrogens (tertiary/aromatic N) is 2. The lowest BCUT2D eigenvalue weighted by molar-refractivity contribution is -0.120. The average molecular weight is 271 g/mol. The van der Waals surface area contributed by atoms with Gasteiger partial charge in [-0.25, -0.2) is 0 Å². The number of hydrogen-bond donors (Lipinski definition) is 1. The number of para-hydroxylation sites is 1. The topological polar surface area (TPSA) is 54.3 Å². The van der Waals surface area contributed by atoms with Crippen LogP contribution in [0.2, 0.25) is 0 Å². The van der Waals surface area contributed by atoms with Crippen molar-refractivity contribution in [3.63, 3.8) is 0 Å². The molecule has 1 aromatic heterocycles. The maximum absolute atomic E-state index is 12.7. The first-order valence-corrected chi connectivity index (χ1v) is 6.77. The molecule has 20 heavy (non-hydrogen) atoms. The van der Waals surface area contributed by atoms with Crippen LogP contribution < -0.4 is 5.32 Å². The summed E-state index contributed by atoms with van der Waals surface area (Å²) in [4.78, 5) is 25.8. The van der Waals surface area contributed by atoms with Crippen LogP contribution in [-0.4, -0.2) is 40.9 Å². The van der Waals surface area contributed by atoms with Crippen LogP contribution in [0.1, 0.15) is 16.8 Å². The van der Waals surface area contributed by atoms with Crippen LogP contribution in [-0.2, 0) is 11.8 Å². The van der Waals surface area contributed by atoms with Crippen molar-refractivity contribution in [2.75, 3.05) is 19.6 Å². The predicted molar refractivity (Wildman–Crippen MR) is 76.4 cm³/mol. The molecule has 1 aromatic carbocycles. The van der Waals surface area contributed by atoms with E-state index in [0.717, 1.165) is 10.9 Å². The van der Waals surface area contributed by atoms with E-state index < -0.39 is 0 Å². The summed E-state index contributed by atoms with van der Waals surface area (Å²) < 4.78 is 1.96. The van der Waals surface area contributed by atoms with Crippen LogP contribution in [0.3, 0.4) is 0 Å². The third kappa shape index (κ3) is 2.15. The molecule has 1 fully saturated rings. The van der Waals surface area contributed by atoms with Crippen LogP contribution in [0.25, 0.3) is 10.9 Å². The summed E-state index contributed by atoms with van der Waals surface area (Å²) in [6, 6.07) is 7.86. The summed E-state index contributed by atoms with van der Waals surface area (Å²) in [6.45, 7) is 1.57. The Balaban J connectivity index is 1.94. The average Bonchev–Trinajstić information content (AvgIpc) is 2.64. The second-order valence-electron chi connectivity index (χ2n) is 5.06. The number of benzene rings is 1. The van der Waals surface area contributed by atoms with Crippen LogP contribution in [0.4, 0.5) is 0 Å². The predicted octanol–water partition coefficient (Wildman–Crippen LogP) is 1.14. The van der Waals surface area contributed by atoms with Crippen LogP contribution in [0.5, 0.6) is 0 Å². The summed E-state index contributed by atoms with van der Waals surface area (Å²) >= 11 is 0. The first-order valence-electron chi connectivity index (χ1n) is 6.77. The highest BCUT2D eigenvalue weighted by molar-refractivity contribution is 6.07. The Bertz CT molecular complexity index is 675. The molecule has 1 aliphatic heterocycles. The van der Waals surface area contributed by atoms with Gasteiger partial charge < -0.3 is 14.8 Å². The fourth-order valence-electron chi connectivity index (χ4n) is 2.65. The fraction of sp³-hybridized carbons (Fsp3) is 0.333. The van der Waals surface area contributed by atoms with Gasteiger partial charge in [-0.15, -0.1) is 0 Å². The molecule has 3 rings (SSSR count). The molecule has 0 bridgehead atoms. The molecule has 5 heteroatoms. The lowest BCUT2D eigenvalue weighted by Crippen LogP contribution is -2.34. The number of nitrogens with one attached hydrogen (secondary N) is 1. The Morgan fingerprint density at radius 3 is 2.90 bits per heavy atom. The normalized spacial score (nSPS) is 16.1.